The number of nitrogens with zero attached hydrogens (tertiary/aromatic N) is 3. The zero-order valence-electron chi connectivity index (χ0n) is 13.9. The topological polar surface area (TPSA) is 88.1 Å². The number of imide groups is 1. The summed E-state index contributed by atoms with van der Waals surface area (Å²) in [5.41, 5.74) is 6.49. The van der Waals surface area contributed by atoms with E-state index in [1.165, 1.54) is 12.3 Å². The van der Waals surface area contributed by atoms with Crippen LogP contribution in [-0.2, 0) is 9.59 Å². The second-order valence-corrected chi connectivity index (χ2v) is 7.22. The number of amides is 2. The van der Waals surface area contributed by atoms with Crippen molar-refractivity contribution in [1.29, 1.82) is 0 Å². The second kappa shape index (κ2) is 8.32. The zero-order valence-corrected chi connectivity index (χ0v) is 15.5. The fourth-order valence-corrected chi connectivity index (χ4v) is 3.40. The van der Waals surface area contributed by atoms with Crippen molar-refractivity contribution >= 4 is 52.2 Å². The first-order chi connectivity index (χ1) is 13.0. The van der Waals surface area contributed by atoms with Gasteiger partial charge in [0.1, 0.15) is 11.1 Å². The maximum absolute atomic E-state index is 13.5. The van der Waals surface area contributed by atoms with Crippen LogP contribution in [0.4, 0.5) is 10.1 Å². The van der Waals surface area contributed by atoms with Crippen LogP contribution < -0.4 is 10.6 Å². The lowest BCUT2D eigenvalue weighted by molar-refractivity contribution is -0.121. The van der Waals surface area contributed by atoms with Crippen molar-refractivity contribution in [3.63, 3.8) is 0 Å². The lowest BCUT2D eigenvalue weighted by atomic mass is 10.2. The Balaban J connectivity index is 1.67. The van der Waals surface area contributed by atoms with E-state index in [4.69, 9.17) is 17.3 Å². The van der Waals surface area contributed by atoms with E-state index >= 15 is 0 Å². The molecule has 2 aromatic carbocycles. The summed E-state index contributed by atoms with van der Waals surface area (Å²) in [6, 6.07) is 12.5. The number of amidine groups is 1. The molecular weight excluding hydrogens is 391 g/mol. The first-order valence-corrected chi connectivity index (χ1v) is 9.11. The van der Waals surface area contributed by atoms with Gasteiger partial charge in [-0.3, -0.25) is 9.59 Å². The van der Waals surface area contributed by atoms with Crippen molar-refractivity contribution in [2.45, 2.75) is 11.7 Å². The van der Waals surface area contributed by atoms with Gasteiger partial charge in [-0.05, 0) is 30.3 Å². The Kier molecular flexibility index (Phi) is 5.88. The van der Waals surface area contributed by atoms with Crippen LogP contribution in [0.3, 0.4) is 0 Å². The van der Waals surface area contributed by atoms with E-state index in [-0.39, 0.29) is 29.0 Å². The third-order valence-electron chi connectivity index (χ3n) is 3.71. The van der Waals surface area contributed by atoms with Gasteiger partial charge in [0.2, 0.25) is 11.8 Å². The molecule has 0 aliphatic carbocycles. The smallest absolute Gasteiger partial charge is 0.247 e. The number of thioether (sulfide) groups is 1. The average Bonchev–Trinajstić information content (AvgIpc) is 2.91. The number of benzene rings is 2. The van der Waals surface area contributed by atoms with Crippen LogP contribution in [0.25, 0.3) is 0 Å². The highest BCUT2D eigenvalue weighted by Gasteiger charge is 2.40. The number of rotatable bonds is 4. The predicted molar refractivity (Wildman–Crippen MR) is 106 cm³/mol. The summed E-state index contributed by atoms with van der Waals surface area (Å²) in [6.45, 7) is 0. The van der Waals surface area contributed by atoms with Crippen LogP contribution in [0.2, 0.25) is 5.02 Å². The van der Waals surface area contributed by atoms with Gasteiger partial charge in [-0.1, -0.05) is 41.6 Å². The third-order valence-corrected chi connectivity index (χ3v) is 4.94. The highest BCUT2D eigenvalue weighted by atomic mass is 35.5. The third kappa shape index (κ3) is 4.53. The van der Waals surface area contributed by atoms with Crippen molar-refractivity contribution in [3.8, 4) is 0 Å². The fourth-order valence-electron chi connectivity index (χ4n) is 2.45. The Hall–Kier alpha value is -2.71. The minimum absolute atomic E-state index is 0.000621. The monoisotopic (exact) mass is 404 g/mol. The van der Waals surface area contributed by atoms with Gasteiger partial charge in [-0.15, -0.1) is 5.10 Å². The van der Waals surface area contributed by atoms with Crippen LogP contribution in [0.5, 0.6) is 0 Å². The Morgan fingerprint density at radius 2 is 1.93 bits per heavy atom. The Morgan fingerprint density at radius 3 is 2.63 bits per heavy atom. The van der Waals surface area contributed by atoms with Crippen LogP contribution in [-0.4, -0.2) is 28.4 Å². The van der Waals surface area contributed by atoms with Gasteiger partial charge in [0.05, 0.1) is 11.9 Å². The van der Waals surface area contributed by atoms with Gasteiger partial charge in [0, 0.05) is 17.0 Å². The van der Waals surface area contributed by atoms with Gasteiger partial charge >= 0.3 is 0 Å². The summed E-state index contributed by atoms with van der Waals surface area (Å²) in [6.07, 6.45) is 1.23. The number of carbonyl (C=O) groups excluding carboxylic acids is 2. The number of halogens is 2. The maximum Gasteiger partial charge on any atom is 0.247 e. The fraction of sp³-hybridized carbons (Fsp3) is 0.111. The molecule has 1 aliphatic rings. The molecule has 2 N–H and O–H groups in total. The number of hydrogen-bond acceptors (Lipinski definition) is 5. The lowest BCUT2D eigenvalue weighted by Gasteiger charge is -2.14. The summed E-state index contributed by atoms with van der Waals surface area (Å²) in [5.74, 6) is -1.15. The largest absolute Gasteiger partial charge is 0.377 e. The SMILES string of the molecule is NC(=NN=Cc1ccccc1F)SC1CC(=O)N(c2ccc(Cl)cc2)C1=O. The van der Waals surface area contributed by atoms with E-state index in [2.05, 4.69) is 10.2 Å². The number of hydrogen-bond donors (Lipinski definition) is 1. The molecule has 0 saturated carbocycles. The minimum atomic E-state index is -0.694. The molecular formula is C18H14ClFN4O2S. The first kappa shape index (κ1) is 19.1. The molecule has 1 fully saturated rings. The van der Waals surface area contributed by atoms with Gasteiger partial charge in [0.15, 0.2) is 5.17 Å². The first-order valence-electron chi connectivity index (χ1n) is 7.86. The van der Waals surface area contributed by atoms with E-state index in [0.717, 1.165) is 16.7 Å². The molecule has 2 amide bonds. The molecule has 1 saturated heterocycles. The van der Waals surface area contributed by atoms with Crippen molar-refractivity contribution in [3.05, 3.63) is 64.9 Å². The molecule has 0 radical (unpaired) electrons. The maximum atomic E-state index is 13.5. The van der Waals surface area contributed by atoms with Crippen LogP contribution in [0, 0.1) is 5.82 Å². The van der Waals surface area contributed by atoms with Gasteiger partial charge in [-0.25, -0.2) is 9.29 Å². The van der Waals surface area contributed by atoms with E-state index < -0.39 is 11.1 Å². The molecule has 1 aliphatic heterocycles. The van der Waals surface area contributed by atoms with E-state index in [1.807, 2.05) is 0 Å². The molecule has 3 rings (SSSR count). The molecule has 2 aromatic rings. The Morgan fingerprint density at radius 1 is 1.22 bits per heavy atom. The lowest BCUT2D eigenvalue weighted by Crippen LogP contribution is -2.31. The highest BCUT2D eigenvalue weighted by Crippen LogP contribution is 2.30. The second-order valence-electron chi connectivity index (χ2n) is 5.56. The predicted octanol–water partition coefficient (Wildman–Crippen LogP) is 3.19. The standard InChI is InChI=1S/C18H14ClFN4O2S/c19-12-5-7-13(8-6-12)24-16(25)9-15(17(24)26)27-18(21)23-22-10-11-3-1-2-4-14(11)20/h1-8,10,15H,9H2,(H2,21,23). The quantitative estimate of drug-likeness (QED) is 0.367. The van der Waals surface area contributed by atoms with Crippen molar-refractivity contribution < 1.29 is 14.0 Å². The van der Waals surface area contributed by atoms with Crippen LogP contribution in [0.15, 0.2) is 58.7 Å². The summed E-state index contributed by atoms with van der Waals surface area (Å²) >= 11 is 6.77. The van der Waals surface area contributed by atoms with Crippen LogP contribution >= 0.6 is 23.4 Å². The molecule has 0 aromatic heterocycles. The Bertz CT molecular complexity index is 933. The minimum Gasteiger partial charge on any atom is -0.377 e. The normalized spacial score (nSPS) is 17.9. The molecule has 1 unspecified atom stereocenters. The van der Waals surface area contributed by atoms with Crippen molar-refractivity contribution in [2.75, 3.05) is 4.90 Å². The van der Waals surface area contributed by atoms with Crippen molar-refractivity contribution in [1.82, 2.24) is 0 Å². The molecule has 1 heterocycles. The van der Waals surface area contributed by atoms with E-state index in [1.54, 1.807) is 42.5 Å². The molecule has 27 heavy (non-hydrogen) atoms. The van der Waals surface area contributed by atoms with E-state index in [0.29, 0.717) is 10.7 Å². The molecule has 0 spiro atoms. The molecule has 1 atom stereocenters. The van der Waals surface area contributed by atoms with Gasteiger partial charge in [0.25, 0.3) is 0 Å². The average molecular weight is 405 g/mol. The van der Waals surface area contributed by atoms with Crippen LogP contribution in [0.1, 0.15) is 12.0 Å². The summed E-state index contributed by atoms with van der Waals surface area (Å²) in [4.78, 5) is 25.8. The zero-order chi connectivity index (χ0) is 19.4. The van der Waals surface area contributed by atoms with Gasteiger partial charge < -0.3 is 5.73 Å². The Labute approximate surface area is 163 Å². The van der Waals surface area contributed by atoms with Crippen molar-refractivity contribution in [2.24, 2.45) is 15.9 Å². The summed E-state index contributed by atoms with van der Waals surface area (Å²) < 4.78 is 13.5. The van der Waals surface area contributed by atoms with Gasteiger partial charge in [-0.2, -0.15) is 5.10 Å². The summed E-state index contributed by atoms with van der Waals surface area (Å²) in [7, 11) is 0. The number of carbonyl (C=O) groups is 2. The highest BCUT2D eigenvalue weighted by molar-refractivity contribution is 8.14. The molecule has 6 nitrogen and oxygen atoms in total. The van der Waals surface area contributed by atoms with E-state index in [9.17, 15) is 14.0 Å². The number of anilines is 1. The number of nitrogens with two attached hydrogens (primary N) is 1. The molecule has 138 valence electrons. The molecule has 0 bridgehead atoms. The molecule has 9 heteroatoms. The summed E-state index contributed by atoms with van der Waals surface area (Å²) in [5, 5.41) is 7.30.